The van der Waals surface area contributed by atoms with Crippen LogP contribution in [0.25, 0.3) is 116 Å². The molecular weight excluding hydrogens is 767 g/mol. The third-order valence-corrected chi connectivity index (χ3v) is 12.7. The maximum Gasteiger partial charge on any atom is 0.235 e. The average molecular weight is 804 g/mol. The lowest BCUT2D eigenvalue weighted by Gasteiger charge is -2.16. The summed E-state index contributed by atoms with van der Waals surface area (Å²) in [6.45, 7) is 0. The molecule has 63 heavy (non-hydrogen) atoms. The van der Waals surface area contributed by atoms with Gasteiger partial charge in [-0.2, -0.15) is 0 Å². The first-order chi connectivity index (χ1) is 31.3. The summed E-state index contributed by atoms with van der Waals surface area (Å²) in [5.41, 5.74) is 15.0. The maximum atomic E-state index is 5.53. The maximum absolute atomic E-state index is 5.53. The van der Waals surface area contributed by atoms with Crippen molar-refractivity contribution in [2.24, 2.45) is 0 Å². The molecule has 0 aliphatic carbocycles. The van der Waals surface area contributed by atoms with E-state index in [-0.39, 0.29) is 0 Å². The molecule has 0 fully saturated rings. The number of benzene rings is 9. The number of hydrogen-bond acceptors (Lipinski definition) is 2. The van der Waals surface area contributed by atoms with E-state index in [1.165, 1.54) is 32.8 Å². The summed E-state index contributed by atoms with van der Waals surface area (Å²) in [6.07, 6.45) is 0. The van der Waals surface area contributed by atoms with Gasteiger partial charge in [-0.3, -0.25) is 4.57 Å². The Balaban J connectivity index is 1.19. The van der Waals surface area contributed by atoms with E-state index in [0.717, 1.165) is 77.7 Å². The van der Waals surface area contributed by atoms with Gasteiger partial charge < -0.3 is 9.13 Å². The molecule has 9 aromatic carbocycles. The fourth-order valence-electron chi connectivity index (χ4n) is 9.89. The third kappa shape index (κ3) is 5.43. The van der Waals surface area contributed by atoms with Gasteiger partial charge in [-0.05, 0) is 59.7 Å². The van der Waals surface area contributed by atoms with Crippen molar-refractivity contribution in [3.63, 3.8) is 0 Å². The molecule has 0 aliphatic rings. The molecule has 0 bridgehead atoms. The molecule has 0 unspecified atom stereocenters. The van der Waals surface area contributed by atoms with Gasteiger partial charge in [0.1, 0.15) is 0 Å². The Kier molecular flexibility index (Phi) is 7.84. The van der Waals surface area contributed by atoms with Crippen LogP contribution in [0, 0.1) is 0 Å². The van der Waals surface area contributed by atoms with Crippen LogP contribution in [-0.4, -0.2) is 23.7 Å². The van der Waals surface area contributed by atoms with Crippen LogP contribution in [0.4, 0.5) is 0 Å². The highest BCUT2D eigenvalue weighted by molar-refractivity contribution is 6.27. The van der Waals surface area contributed by atoms with Crippen LogP contribution in [0.1, 0.15) is 0 Å². The van der Waals surface area contributed by atoms with Crippen molar-refractivity contribution in [1.82, 2.24) is 23.7 Å². The molecule has 0 N–H and O–H groups in total. The molecule has 0 saturated carbocycles. The third-order valence-electron chi connectivity index (χ3n) is 12.7. The van der Waals surface area contributed by atoms with E-state index >= 15 is 0 Å². The average Bonchev–Trinajstić information content (AvgIpc) is 4.01. The predicted octanol–water partition coefficient (Wildman–Crippen LogP) is 14.8. The Bertz CT molecular complexity index is 3830. The first-order valence-electron chi connectivity index (χ1n) is 21.4. The Morgan fingerprint density at radius 2 is 0.698 bits per heavy atom. The van der Waals surface area contributed by atoms with Crippen molar-refractivity contribution in [2.75, 3.05) is 0 Å². The molecule has 5 nitrogen and oxygen atoms in total. The van der Waals surface area contributed by atoms with Crippen molar-refractivity contribution < 1.29 is 0 Å². The van der Waals surface area contributed by atoms with E-state index in [2.05, 4.69) is 238 Å². The smallest absolute Gasteiger partial charge is 0.235 e. The van der Waals surface area contributed by atoms with Crippen LogP contribution in [0.5, 0.6) is 0 Å². The van der Waals surface area contributed by atoms with Crippen molar-refractivity contribution in [1.29, 1.82) is 0 Å². The summed E-state index contributed by atoms with van der Waals surface area (Å²) in [4.78, 5) is 11.0. The van der Waals surface area contributed by atoms with Gasteiger partial charge in [-0.15, -0.1) is 0 Å². The lowest BCUT2D eigenvalue weighted by Crippen LogP contribution is -2.06. The summed E-state index contributed by atoms with van der Waals surface area (Å²) in [7, 11) is 0. The first kappa shape index (κ1) is 35.2. The van der Waals surface area contributed by atoms with E-state index in [9.17, 15) is 0 Å². The Hall–Kier alpha value is -8.54. The van der Waals surface area contributed by atoms with E-state index < -0.39 is 0 Å². The Morgan fingerprint density at radius 1 is 0.286 bits per heavy atom. The van der Waals surface area contributed by atoms with Gasteiger partial charge in [0.05, 0.1) is 50.2 Å². The lowest BCUT2D eigenvalue weighted by molar-refractivity contribution is 0.995. The molecule has 4 heterocycles. The topological polar surface area (TPSA) is 40.6 Å². The molecule has 13 aromatic rings. The summed E-state index contributed by atoms with van der Waals surface area (Å²) >= 11 is 0. The number of rotatable bonds is 6. The minimum absolute atomic E-state index is 0.612. The highest BCUT2D eigenvalue weighted by Gasteiger charge is 2.27. The van der Waals surface area contributed by atoms with Crippen LogP contribution in [0.15, 0.2) is 224 Å². The van der Waals surface area contributed by atoms with Crippen molar-refractivity contribution in [2.45, 2.75) is 0 Å². The molecule has 0 aliphatic heterocycles. The van der Waals surface area contributed by atoms with Crippen LogP contribution in [0.2, 0.25) is 0 Å². The van der Waals surface area contributed by atoms with E-state index in [1.54, 1.807) is 0 Å². The monoisotopic (exact) mass is 803 g/mol. The Morgan fingerprint density at radius 3 is 1.29 bits per heavy atom. The Labute approximate surface area is 363 Å². The largest absolute Gasteiger partial charge is 0.309 e. The number of fused-ring (bicyclic) bond motifs is 10. The SMILES string of the molecule is c1ccc(-c2ccc(-c3cc(-c4ccccc4)nc(-n4c5ccccc5c5cc(-n6c7ccccc7c7ccccc76)c6c7ccccc7n(-c7ccccc7)c6c54)n3)cc2)cc1. The lowest BCUT2D eigenvalue weighted by atomic mass is 10.0. The molecule has 0 spiro atoms. The molecule has 294 valence electrons. The number of aromatic nitrogens is 5. The zero-order valence-electron chi connectivity index (χ0n) is 34.1. The van der Waals surface area contributed by atoms with Gasteiger partial charge in [0, 0.05) is 49.1 Å². The molecule has 4 aromatic heterocycles. The number of hydrogen-bond donors (Lipinski definition) is 0. The molecule has 5 heteroatoms. The molecule has 0 radical (unpaired) electrons. The molecular formula is C58H37N5. The summed E-state index contributed by atoms with van der Waals surface area (Å²) in [5.74, 6) is 0.612. The summed E-state index contributed by atoms with van der Waals surface area (Å²) in [6, 6.07) is 80.1. The second-order valence-corrected chi connectivity index (χ2v) is 16.2. The predicted molar refractivity (Wildman–Crippen MR) is 261 cm³/mol. The van der Waals surface area contributed by atoms with Gasteiger partial charge >= 0.3 is 0 Å². The van der Waals surface area contributed by atoms with Gasteiger partial charge in [0.25, 0.3) is 0 Å². The van der Waals surface area contributed by atoms with Gasteiger partial charge in [-0.1, -0.05) is 176 Å². The first-order valence-corrected chi connectivity index (χ1v) is 21.4. The van der Waals surface area contributed by atoms with Gasteiger partial charge in [-0.25, -0.2) is 9.97 Å². The summed E-state index contributed by atoms with van der Waals surface area (Å²) < 4.78 is 7.24. The molecule has 0 saturated heterocycles. The van der Waals surface area contributed by atoms with Gasteiger partial charge in [0.2, 0.25) is 5.95 Å². The van der Waals surface area contributed by atoms with Crippen LogP contribution < -0.4 is 0 Å². The van der Waals surface area contributed by atoms with Crippen LogP contribution in [0.3, 0.4) is 0 Å². The molecule has 0 atom stereocenters. The molecule has 0 amide bonds. The van der Waals surface area contributed by atoms with Crippen molar-refractivity contribution >= 4 is 65.4 Å². The van der Waals surface area contributed by atoms with E-state index in [0.29, 0.717) is 5.95 Å². The highest BCUT2D eigenvalue weighted by atomic mass is 15.2. The zero-order valence-corrected chi connectivity index (χ0v) is 34.1. The number of nitrogens with zero attached hydrogens (tertiary/aromatic N) is 5. The molecule has 13 rings (SSSR count). The van der Waals surface area contributed by atoms with E-state index in [1.807, 2.05) is 0 Å². The van der Waals surface area contributed by atoms with Crippen molar-refractivity contribution in [3.8, 4) is 51.0 Å². The van der Waals surface area contributed by atoms with Gasteiger partial charge in [0.15, 0.2) is 0 Å². The number of para-hydroxylation sites is 5. The zero-order chi connectivity index (χ0) is 41.4. The van der Waals surface area contributed by atoms with Crippen LogP contribution in [-0.2, 0) is 0 Å². The fraction of sp³-hybridized carbons (Fsp3) is 0. The quantitative estimate of drug-likeness (QED) is 0.168. The van der Waals surface area contributed by atoms with E-state index in [4.69, 9.17) is 9.97 Å². The van der Waals surface area contributed by atoms with Crippen LogP contribution >= 0.6 is 0 Å². The highest BCUT2D eigenvalue weighted by Crippen LogP contribution is 2.46. The second-order valence-electron chi connectivity index (χ2n) is 16.2. The normalized spacial score (nSPS) is 11.8. The standard InChI is InChI=1S/C58H37N5/c1-4-18-38(19-5-1)39-32-34-41(35-33-39)49-37-48(40-20-6-2-7-21-40)59-58(60-49)63-52-30-16-12-26-45(52)47-36-54(62-50-28-14-10-24-43(50)44-25-11-15-29-51(44)62)55-46-27-13-17-31-53(46)61(57(55)56(47)63)42-22-8-3-9-23-42/h1-37H. The second kappa shape index (κ2) is 14.0. The minimum Gasteiger partial charge on any atom is -0.309 e. The van der Waals surface area contributed by atoms with Crippen molar-refractivity contribution in [3.05, 3.63) is 224 Å². The minimum atomic E-state index is 0.612. The summed E-state index contributed by atoms with van der Waals surface area (Å²) in [5, 5.41) is 7.04. The fourth-order valence-corrected chi connectivity index (χ4v) is 9.89.